The summed E-state index contributed by atoms with van der Waals surface area (Å²) < 4.78 is 3.41. The molecule has 0 bridgehead atoms. The Morgan fingerprint density at radius 1 is 1.28 bits per heavy atom. The minimum Gasteiger partial charge on any atom is -0.321 e. The van der Waals surface area contributed by atoms with Gasteiger partial charge in [0.2, 0.25) is 0 Å². The number of amides is 3. The first-order chi connectivity index (χ1) is 12.1. The third kappa shape index (κ3) is 2.79. The molecule has 0 spiro atoms. The van der Waals surface area contributed by atoms with E-state index in [1.807, 2.05) is 0 Å². The number of hydrogen-bond acceptors (Lipinski definition) is 5. The molecule has 2 aromatic heterocycles. The summed E-state index contributed by atoms with van der Waals surface area (Å²) in [6.07, 6.45) is 10.7. The Balaban J connectivity index is 1.55. The lowest BCUT2D eigenvalue weighted by molar-refractivity contribution is -0.122. The maximum absolute atomic E-state index is 12.9. The molecule has 2 aromatic rings. The summed E-state index contributed by atoms with van der Waals surface area (Å²) in [5.74, 6) is -0.230. The molecule has 132 valence electrons. The number of aromatic nitrogens is 5. The summed E-state index contributed by atoms with van der Waals surface area (Å²) in [5, 5.41) is 11.3. The minimum atomic E-state index is -1.07. The van der Waals surface area contributed by atoms with Crippen LogP contribution in [0.2, 0.25) is 0 Å². The zero-order valence-electron chi connectivity index (χ0n) is 14.1. The lowest BCUT2D eigenvalue weighted by Gasteiger charge is -2.21. The van der Waals surface area contributed by atoms with Crippen molar-refractivity contribution in [3.63, 3.8) is 0 Å². The molecular formula is C16H21N7O2. The number of rotatable bonds is 4. The van der Waals surface area contributed by atoms with Gasteiger partial charge < -0.3 is 5.32 Å². The third-order valence-corrected chi connectivity index (χ3v) is 4.94. The van der Waals surface area contributed by atoms with Gasteiger partial charge in [0.1, 0.15) is 11.9 Å². The second-order valence-electron chi connectivity index (χ2n) is 6.92. The number of anilines is 1. The molecule has 1 N–H and O–H groups in total. The molecule has 2 aliphatic rings. The molecular weight excluding hydrogens is 322 g/mol. The molecule has 1 saturated carbocycles. The van der Waals surface area contributed by atoms with E-state index in [0.29, 0.717) is 6.04 Å². The molecule has 3 heterocycles. The molecule has 9 nitrogen and oxygen atoms in total. The number of nitrogens with zero attached hydrogens (tertiary/aromatic N) is 6. The van der Waals surface area contributed by atoms with Crippen LogP contribution < -0.4 is 10.2 Å². The first kappa shape index (κ1) is 15.8. The Kier molecular flexibility index (Phi) is 3.78. The van der Waals surface area contributed by atoms with Crippen LogP contribution in [0.5, 0.6) is 0 Å². The summed E-state index contributed by atoms with van der Waals surface area (Å²) in [6, 6.07) is 1.57. The SMILES string of the molecule is CC1(Cn2cccn2)NC(=O)N(c2ncn(C3CCCCC3)n2)C1=O. The Hall–Kier alpha value is -2.71. The van der Waals surface area contributed by atoms with Crippen LogP contribution in [0.3, 0.4) is 0 Å². The van der Waals surface area contributed by atoms with Gasteiger partial charge in [0.15, 0.2) is 0 Å². The van der Waals surface area contributed by atoms with Crippen molar-refractivity contribution in [2.24, 2.45) is 0 Å². The normalized spacial score (nSPS) is 24.8. The van der Waals surface area contributed by atoms with E-state index in [4.69, 9.17) is 0 Å². The van der Waals surface area contributed by atoms with E-state index in [1.165, 1.54) is 19.3 Å². The van der Waals surface area contributed by atoms with Gasteiger partial charge in [-0.2, -0.15) is 15.0 Å². The van der Waals surface area contributed by atoms with Crippen molar-refractivity contribution in [3.8, 4) is 0 Å². The molecule has 0 radical (unpaired) electrons. The van der Waals surface area contributed by atoms with Crippen molar-refractivity contribution in [3.05, 3.63) is 24.8 Å². The zero-order valence-corrected chi connectivity index (χ0v) is 14.1. The standard InChI is InChI=1S/C16H21N7O2/c1-16(10-21-9-5-8-18-21)13(24)23(15(25)19-16)14-17-11-22(20-14)12-6-3-2-4-7-12/h5,8-9,11-12H,2-4,6-7,10H2,1H3,(H,19,25). The first-order valence-corrected chi connectivity index (χ1v) is 8.62. The van der Waals surface area contributed by atoms with Gasteiger partial charge in [-0.25, -0.2) is 9.48 Å². The van der Waals surface area contributed by atoms with Gasteiger partial charge >= 0.3 is 6.03 Å². The smallest absolute Gasteiger partial charge is 0.321 e. The van der Waals surface area contributed by atoms with Crippen LogP contribution in [0, 0.1) is 0 Å². The fourth-order valence-electron chi connectivity index (χ4n) is 3.58. The van der Waals surface area contributed by atoms with Gasteiger partial charge in [0, 0.05) is 12.4 Å². The van der Waals surface area contributed by atoms with Crippen LogP contribution in [-0.2, 0) is 11.3 Å². The van der Waals surface area contributed by atoms with E-state index < -0.39 is 11.6 Å². The van der Waals surface area contributed by atoms with Crippen molar-refractivity contribution >= 4 is 17.9 Å². The summed E-state index contributed by atoms with van der Waals surface area (Å²) in [5.41, 5.74) is -1.07. The number of hydrogen-bond donors (Lipinski definition) is 1. The number of urea groups is 1. The highest BCUT2D eigenvalue weighted by Gasteiger charge is 2.50. The van der Waals surface area contributed by atoms with Crippen LogP contribution in [0.25, 0.3) is 0 Å². The predicted octanol–water partition coefficient (Wildman–Crippen LogP) is 1.49. The summed E-state index contributed by atoms with van der Waals surface area (Å²) in [6.45, 7) is 1.94. The highest BCUT2D eigenvalue weighted by atomic mass is 16.2. The Labute approximate surface area is 145 Å². The molecule has 0 aromatic carbocycles. The average Bonchev–Trinajstić information content (AvgIpc) is 3.31. The van der Waals surface area contributed by atoms with Gasteiger partial charge in [0.25, 0.3) is 11.9 Å². The van der Waals surface area contributed by atoms with Crippen LogP contribution >= 0.6 is 0 Å². The predicted molar refractivity (Wildman–Crippen MR) is 88.8 cm³/mol. The van der Waals surface area contributed by atoms with Gasteiger partial charge in [-0.1, -0.05) is 19.3 Å². The summed E-state index contributed by atoms with van der Waals surface area (Å²) >= 11 is 0. The van der Waals surface area contributed by atoms with Crippen LogP contribution in [-0.4, -0.2) is 42.0 Å². The molecule has 9 heteroatoms. The quantitative estimate of drug-likeness (QED) is 0.848. The van der Waals surface area contributed by atoms with E-state index in [-0.39, 0.29) is 18.4 Å². The summed E-state index contributed by atoms with van der Waals surface area (Å²) in [7, 11) is 0. The fraction of sp³-hybridized carbons (Fsp3) is 0.562. The van der Waals surface area contributed by atoms with Crippen molar-refractivity contribution in [2.45, 2.75) is 57.2 Å². The molecule has 3 amide bonds. The number of nitrogens with one attached hydrogen (secondary N) is 1. The molecule has 1 atom stereocenters. The Bertz CT molecular complexity index is 778. The number of carbonyl (C=O) groups is 2. The van der Waals surface area contributed by atoms with Gasteiger partial charge in [0.05, 0.1) is 12.6 Å². The van der Waals surface area contributed by atoms with Gasteiger partial charge in [-0.15, -0.1) is 5.10 Å². The van der Waals surface area contributed by atoms with Crippen molar-refractivity contribution in [2.75, 3.05) is 4.90 Å². The van der Waals surface area contributed by atoms with Crippen molar-refractivity contribution in [1.82, 2.24) is 29.9 Å². The average molecular weight is 343 g/mol. The molecule has 1 aliphatic heterocycles. The molecule has 2 fully saturated rings. The third-order valence-electron chi connectivity index (χ3n) is 4.94. The molecule has 25 heavy (non-hydrogen) atoms. The van der Waals surface area contributed by atoms with E-state index in [0.717, 1.165) is 17.7 Å². The Morgan fingerprint density at radius 2 is 2.08 bits per heavy atom. The van der Waals surface area contributed by atoms with Gasteiger partial charge in [-0.3, -0.25) is 9.48 Å². The topological polar surface area (TPSA) is 97.9 Å². The molecule has 1 aliphatic carbocycles. The lowest BCUT2D eigenvalue weighted by Crippen LogP contribution is -2.47. The van der Waals surface area contributed by atoms with Crippen LogP contribution in [0.1, 0.15) is 45.1 Å². The molecule has 1 unspecified atom stereocenters. The summed E-state index contributed by atoms with van der Waals surface area (Å²) in [4.78, 5) is 30.5. The van der Waals surface area contributed by atoms with E-state index in [9.17, 15) is 9.59 Å². The minimum absolute atomic E-state index is 0.136. The second-order valence-corrected chi connectivity index (χ2v) is 6.92. The number of carbonyl (C=O) groups excluding carboxylic acids is 2. The molecule has 4 rings (SSSR count). The van der Waals surface area contributed by atoms with Crippen molar-refractivity contribution in [1.29, 1.82) is 0 Å². The van der Waals surface area contributed by atoms with Crippen molar-refractivity contribution < 1.29 is 9.59 Å². The Morgan fingerprint density at radius 3 is 2.80 bits per heavy atom. The second kappa shape index (κ2) is 5.98. The number of imide groups is 1. The highest BCUT2D eigenvalue weighted by molar-refractivity contribution is 6.22. The lowest BCUT2D eigenvalue weighted by atomic mass is 9.96. The van der Waals surface area contributed by atoms with Gasteiger partial charge in [-0.05, 0) is 25.8 Å². The van der Waals surface area contributed by atoms with E-state index >= 15 is 0 Å². The maximum Gasteiger partial charge on any atom is 0.332 e. The fourth-order valence-corrected chi connectivity index (χ4v) is 3.58. The first-order valence-electron chi connectivity index (χ1n) is 8.62. The monoisotopic (exact) mass is 343 g/mol. The zero-order chi connectivity index (χ0) is 17.4. The van der Waals surface area contributed by atoms with Crippen LogP contribution in [0.4, 0.5) is 10.7 Å². The molecule has 1 saturated heterocycles. The van der Waals surface area contributed by atoms with Crippen LogP contribution in [0.15, 0.2) is 24.8 Å². The van der Waals surface area contributed by atoms with E-state index in [2.05, 4.69) is 20.5 Å². The highest BCUT2D eigenvalue weighted by Crippen LogP contribution is 2.29. The maximum atomic E-state index is 12.9. The largest absolute Gasteiger partial charge is 0.332 e. The van der Waals surface area contributed by atoms with E-state index in [1.54, 1.807) is 41.1 Å².